The van der Waals surface area contributed by atoms with Crippen molar-refractivity contribution in [1.29, 1.82) is 0 Å². The number of hydrogen-bond acceptors (Lipinski definition) is 5. The zero-order valence-corrected chi connectivity index (χ0v) is 24.1. The van der Waals surface area contributed by atoms with Crippen LogP contribution in [-0.2, 0) is 32.6 Å². The van der Waals surface area contributed by atoms with E-state index < -0.39 is 40.2 Å². The lowest BCUT2D eigenvalue weighted by Gasteiger charge is -2.33. The first-order valence-corrected chi connectivity index (χ1v) is 15.1. The number of nitrogens with zero attached hydrogens (tertiary/aromatic N) is 2. The summed E-state index contributed by atoms with van der Waals surface area (Å²) in [6.45, 7) is -0.591. The third-order valence-corrected chi connectivity index (χ3v) is 7.71. The summed E-state index contributed by atoms with van der Waals surface area (Å²) in [5.74, 6) is -0.339. The van der Waals surface area contributed by atoms with Gasteiger partial charge in [-0.2, -0.15) is 0 Å². The van der Waals surface area contributed by atoms with Crippen LogP contribution in [0.15, 0.2) is 109 Å². The van der Waals surface area contributed by atoms with Crippen molar-refractivity contribution in [3.8, 4) is 11.5 Å². The number of halogens is 1. The molecule has 4 aromatic carbocycles. The van der Waals surface area contributed by atoms with Crippen molar-refractivity contribution in [1.82, 2.24) is 10.2 Å². The smallest absolute Gasteiger partial charge is 0.244 e. The summed E-state index contributed by atoms with van der Waals surface area (Å²) in [5.41, 5.74) is 1.66. The number of rotatable bonds is 12. The molecule has 0 aliphatic heterocycles. The number of carbonyl (C=O) groups excluding carboxylic acids is 2. The van der Waals surface area contributed by atoms with E-state index in [1.807, 2.05) is 48.5 Å². The zero-order valence-electron chi connectivity index (χ0n) is 23.3. The van der Waals surface area contributed by atoms with Gasteiger partial charge in [-0.3, -0.25) is 13.9 Å². The fourth-order valence-corrected chi connectivity index (χ4v) is 5.28. The summed E-state index contributed by atoms with van der Waals surface area (Å²) in [5, 5.41) is 2.62. The normalized spacial score (nSPS) is 11.8. The predicted molar refractivity (Wildman–Crippen MR) is 160 cm³/mol. The Hall–Kier alpha value is -4.70. The molecule has 0 bridgehead atoms. The first-order chi connectivity index (χ1) is 20.1. The summed E-state index contributed by atoms with van der Waals surface area (Å²) in [7, 11) is -2.44. The van der Waals surface area contributed by atoms with Gasteiger partial charge in [0.25, 0.3) is 0 Å². The lowest BCUT2D eigenvalue weighted by Crippen LogP contribution is -2.52. The third kappa shape index (κ3) is 8.17. The number of para-hydroxylation sites is 1. The molecular formula is C32H32FN3O5S. The minimum absolute atomic E-state index is 0.0362. The van der Waals surface area contributed by atoms with Crippen molar-refractivity contribution in [2.45, 2.75) is 19.0 Å². The number of nitrogens with one attached hydrogen (secondary N) is 1. The Balaban J connectivity index is 1.64. The molecule has 0 saturated heterocycles. The SMILES string of the molecule is CNC(=O)[C@@H](Cc1ccccc1)N(Cc1ccc(F)cc1)C(=O)CN(c1ccc(Oc2ccccc2)cc1)S(C)(=O)=O. The number of sulfonamides is 1. The van der Waals surface area contributed by atoms with Crippen LogP contribution in [0.1, 0.15) is 11.1 Å². The Morgan fingerprint density at radius 1 is 0.810 bits per heavy atom. The lowest BCUT2D eigenvalue weighted by atomic mass is 10.0. The van der Waals surface area contributed by atoms with Gasteiger partial charge in [0.2, 0.25) is 21.8 Å². The number of carbonyl (C=O) groups is 2. The van der Waals surface area contributed by atoms with Gasteiger partial charge in [-0.15, -0.1) is 0 Å². The van der Waals surface area contributed by atoms with E-state index >= 15 is 0 Å². The van der Waals surface area contributed by atoms with E-state index in [0.717, 1.165) is 16.1 Å². The van der Waals surface area contributed by atoms with Gasteiger partial charge in [0.1, 0.15) is 29.9 Å². The molecule has 0 fully saturated rings. The highest BCUT2D eigenvalue weighted by Gasteiger charge is 2.32. The van der Waals surface area contributed by atoms with Gasteiger partial charge in [-0.25, -0.2) is 12.8 Å². The van der Waals surface area contributed by atoms with Gasteiger partial charge in [-0.05, 0) is 59.7 Å². The molecule has 0 spiro atoms. The highest BCUT2D eigenvalue weighted by molar-refractivity contribution is 7.92. The van der Waals surface area contributed by atoms with E-state index in [2.05, 4.69) is 5.32 Å². The van der Waals surface area contributed by atoms with Crippen LogP contribution >= 0.6 is 0 Å². The fraction of sp³-hybridized carbons (Fsp3) is 0.188. The molecule has 0 radical (unpaired) electrons. The molecule has 2 amide bonds. The van der Waals surface area contributed by atoms with Crippen molar-refractivity contribution in [3.63, 3.8) is 0 Å². The van der Waals surface area contributed by atoms with E-state index in [1.54, 1.807) is 36.4 Å². The molecule has 8 nitrogen and oxygen atoms in total. The molecule has 0 aromatic heterocycles. The molecule has 42 heavy (non-hydrogen) atoms. The van der Waals surface area contributed by atoms with E-state index in [1.165, 1.54) is 36.2 Å². The molecule has 0 saturated carbocycles. The van der Waals surface area contributed by atoms with E-state index in [4.69, 9.17) is 4.74 Å². The molecule has 4 rings (SSSR count). The second-order valence-electron chi connectivity index (χ2n) is 9.65. The number of amides is 2. The van der Waals surface area contributed by atoms with Crippen LogP contribution in [0.25, 0.3) is 0 Å². The minimum atomic E-state index is -3.91. The molecule has 0 heterocycles. The van der Waals surface area contributed by atoms with Gasteiger partial charge >= 0.3 is 0 Å². The first kappa shape index (κ1) is 30.3. The topological polar surface area (TPSA) is 96.0 Å². The summed E-state index contributed by atoms with van der Waals surface area (Å²) < 4.78 is 46.3. The monoisotopic (exact) mass is 589 g/mol. The molecule has 218 valence electrons. The van der Waals surface area contributed by atoms with Gasteiger partial charge in [0, 0.05) is 20.0 Å². The Morgan fingerprint density at radius 3 is 1.95 bits per heavy atom. The molecule has 10 heteroatoms. The van der Waals surface area contributed by atoms with Gasteiger partial charge < -0.3 is 15.0 Å². The third-order valence-electron chi connectivity index (χ3n) is 6.57. The highest BCUT2D eigenvalue weighted by Crippen LogP contribution is 2.26. The molecule has 4 aromatic rings. The molecule has 0 aliphatic rings. The predicted octanol–water partition coefficient (Wildman–Crippen LogP) is 4.77. The summed E-state index contributed by atoms with van der Waals surface area (Å²) in [6, 6.07) is 29.3. The standard InChI is InChI=1S/C32H32FN3O5S/c1-34-32(38)30(21-24-9-5-3-6-10-24)35(22-25-13-15-26(33)16-14-25)31(37)23-36(42(2,39)40)27-17-19-29(20-18-27)41-28-11-7-4-8-12-28/h3-20,30H,21-23H2,1-2H3,(H,34,38)/t30-/m1/s1. The number of ether oxygens (including phenoxy) is 1. The number of benzene rings is 4. The maximum Gasteiger partial charge on any atom is 0.244 e. The van der Waals surface area contributed by atoms with Crippen molar-refractivity contribution >= 4 is 27.5 Å². The average Bonchev–Trinajstić information content (AvgIpc) is 2.99. The van der Waals surface area contributed by atoms with E-state index in [-0.39, 0.29) is 18.7 Å². The van der Waals surface area contributed by atoms with Crippen molar-refractivity contribution in [2.24, 2.45) is 0 Å². The number of anilines is 1. The van der Waals surface area contributed by atoms with Crippen molar-refractivity contribution < 1.29 is 27.1 Å². The first-order valence-electron chi connectivity index (χ1n) is 13.2. The van der Waals surface area contributed by atoms with Gasteiger partial charge in [-0.1, -0.05) is 60.7 Å². The largest absolute Gasteiger partial charge is 0.457 e. The van der Waals surface area contributed by atoms with Crippen molar-refractivity contribution in [2.75, 3.05) is 24.2 Å². The van der Waals surface area contributed by atoms with Crippen LogP contribution in [-0.4, -0.2) is 51.0 Å². The van der Waals surface area contributed by atoms with Crippen LogP contribution in [0.4, 0.5) is 10.1 Å². The van der Waals surface area contributed by atoms with Crippen molar-refractivity contribution in [3.05, 3.63) is 126 Å². The Labute approximate surface area is 245 Å². The second kappa shape index (κ2) is 13.8. The molecule has 0 unspecified atom stereocenters. The Kier molecular flexibility index (Phi) is 9.93. The summed E-state index contributed by atoms with van der Waals surface area (Å²) in [4.78, 5) is 28.4. The molecule has 1 atom stereocenters. The van der Waals surface area contributed by atoms with Crippen LogP contribution in [0.2, 0.25) is 0 Å². The van der Waals surface area contributed by atoms with Crippen LogP contribution < -0.4 is 14.4 Å². The Bertz CT molecular complexity index is 1580. The minimum Gasteiger partial charge on any atom is -0.457 e. The average molecular weight is 590 g/mol. The quantitative estimate of drug-likeness (QED) is 0.257. The van der Waals surface area contributed by atoms with E-state index in [0.29, 0.717) is 17.1 Å². The second-order valence-corrected chi connectivity index (χ2v) is 11.6. The Morgan fingerprint density at radius 2 is 1.38 bits per heavy atom. The molecular weight excluding hydrogens is 557 g/mol. The van der Waals surface area contributed by atoms with Crippen LogP contribution in [0.5, 0.6) is 11.5 Å². The summed E-state index contributed by atoms with van der Waals surface area (Å²) >= 11 is 0. The van der Waals surface area contributed by atoms with Crippen LogP contribution in [0, 0.1) is 5.82 Å². The maximum absolute atomic E-state index is 13.9. The van der Waals surface area contributed by atoms with E-state index in [9.17, 15) is 22.4 Å². The highest BCUT2D eigenvalue weighted by atomic mass is 32.2. The fourth-order valence-electron chi connectivity index (χ4n) is 4.43. The maximum atomic E-state index is 13.9. The summed E-state index contributed by atoms with van der Waals surface area (Å²) in [6.07, 6.45) is 1.21. The molecule has 1 N–H and O–H groups in total. The van der Waals surface area contributed by atoms with Crippen LogP contribution in [0.3, 0.4) is 0 Å². The number of likely N-dealkylation sites (N-methyl/N-ethyl adjacent to an activating group) is 1. The molecule has 0 aliphatic carbocycles. The number of hydrogen-bond donors (Lipinski definition) is 1. The van der Waals surface area contributed by atoms with Gasteiger partial charge in [0.05, 0.1) is 11.9 Å². The lowest BCUT2D eigenvalue weighted by molar-refractivity contribution is -0.139. The zero-order chi connectivity index (χ0) is 30.1. The van der Waals surface area contributed by atoms with Gasteiger partial charge in [0.15, 0.2) is 0 Å².